The normalized spacial score (nSPS) is 23.0. The highest BCUT2D eigenvalue weighted by atomic mass is 32.1. The molecule has 1 aromatic rings. The van der Waals surface area contributed by atoms with Crippen LogP contribution in [0.2, 0.25) is 0 Å². The van der Waals surface area contributed by atoms with Gasteiger partial charge in [-0.3, -0.25) is 0 Å². The van der Waals surface area contributed by atoms with Crippen LogP contribution in [-0.4, -0.2) is 42.4 Å². The van der Waals surface area contributed by atoms with Gasteiger partial charge in [0.05, 0.1) is 25.0 Å². The lowest BCUT2D eigenvalue weighted by atomic mass is 10.2. The number of para-hydroxylation sites is 2. The molecule has 0 radical (unpaired) electrons. The van der Waals surface area contributed by atoms with Crippen LogP contribution in [0.25, 0.3) is 0 Å². The van der Waals surface area contributed by atoms with E-state index in [4.69, 9.17) is 21.7 Å². The first-order valence-corrected chi connectivity index (χ1v) is 6.85. The number of morpholine rings is 1. The predicted octanol–water partition coefficient (Wildman–Crippen LogP) is 2.50. The van der Waals surface area contributed by atoms with Crippen LogP contribution in [0.5, 0.6) is 5.75 Å². The minimum atomic E-state index is 0.196. The molecule has 0 unspecified atom stereocenters. The van der Waals surface area contributed by atoms with Gasteiger partial charge in [0.15, 0.2) is 5.11 Å². The SMILES string of the molecule is COc1ccccc1NC(=S)N1C[C@@H](C)O[C@H](C)C1. The first kappa shape index (κ1) is 14.1. The summed E-state index contributed by atoms with van der Waals surface area (Å²) >= 11 is 5.47. The summed E-state index contributed by atoms with van der Waals surface area (Å²) < 4.78 is 11.0. The summed E-state index contributed by atoms with van der Waals surface area (Å²) in [7, 11) is 1.66. The molecule has 0 spiro atoms. The number of anilines is 1. The third-order valence-corrected chi connectivity index (χ3v) is 3.42. The highest BCUT2D eigenvalue weighted by Gasteiger charge is 2.24. The van der Waals surface area contributed by atoms with Gasteiger partial charge in [0.1, 0.15) is 5.75 Å². The molecule has 4 nitrogen and oxygen atoms in total. The van der Waals surface area contributed by atoms with Crippen LogP contribution in [0.4, 0.5) is 5.69 Å². The van der Waals surface area contributed by atoms with Gasteiger partial charge in [-0.15, -0.1) is 0 Å². The number of methoxy groups -OCH3 is 1. The van der Waals surface area contributed by atoms with Crippen LogP contribution in [-0.2, 0) is 4.74 Å². The molecular weight excluding hydrogens is 260 g/mol. The first-order valence-electron chi connectivity index (χ1n) is 6.44. The molecule has 2 atom stereocenters. The van der Waals surface area contributed by atoms with Crippen LogP contribution >= 0.6 is 12.2 Å². The van der Waals surface area contributed by atoms with Crippen molar-refractivity contribution in [1.82, 2.24) is 4.90 Å². The summed E-state index contributed by atoms with van der Waals surface area (Å²) in [6.07, 6.45) is 0.391. The third kappa shape index (κ3) is 3.58. The Hall–Kier alpha value is -1.33. The van der Waals surface area contributed by atoms with E-state index in [-0.39, 0.29) is 12.2 Å². The van der Waals surface area contributed by atoms with Crippen LogP contribution in [0.15, 0.2) is 24.3 Å². The summed E-state index contributed by atoms with van der Waals surface area (Å²) in [5.74, 6) is 0.791. The van der Waals surface area contributed by atoms with Crippen molar-refractivity contribution in [2.45, 2.75) is 26.1 Å². The Morgan fingerprint density at radius 2 is 1.95 bits per heavy atom. The van der Waals surface area contributed by atoms with E-state index in [9.17, 15) is 0 Å². The standard InChI is InChI=1S/C14H20N2O2S/c1-10-8-16(9-11(2)18-10)14(19)15-12-6-4-5-7-13(12)17-3/h4-7,10-11H,8-9H2,1-3H3,(H,15,19)/t10-,11-/m1/s1. The summed E-state index contributed by atoms with van der Waals surface area (Å²) in [5.41, 5.74) is 0.891. The summed E-state index contributed by atoms with van der Waals surface area (Å²) in [4.78, 5) is 2.14. The van der Waals surface area contributed by atoms with E-state index in [1.807, 2.05) is 24.3 Å². The van der Waals surface area contributed by atoms with Gasteiger partial charge in [0, 0.05) is 13.1 Å². The van der Waals surface area contributed by atoms with Crippen molar-refractivity contribution < 1.29 is 9.47 Å². The largest absolute Gasteiger partial charge is 0.495 e. The second-order valence-corrected chi connectivity index (χ2v) is 5.18. The fourth-order valence-corrected chi connectivity index (χ4v) is 2.54. The van der Waals surface area contributed by atoms with Gasteiger partial charge in [0.25, 0.3) is 0 Å². The van der Waals surface area contributed by atoms with E-state index in [0.717, 1.165) is 24.5 Å². The van der Waals surface area contributed by atoms with Gasteiger partial charge in [-0.1, -0.05) is 12.1 Å². The van der Waals surface area contributed by atoms with E-state index in [1.54, 1.807) is 7.11 Å². The van der Waals surface area contributed by atoms with Gasteiger partial charge >= 0.3 is 0 Å². The zero-order valence-corrected chi connectivity index (χ0v) is 12.4. The zero-order valence-electron chi connectivity index (χ0n) is 11.6. The molecule has 1 aromatic carbocycles. The highest BCUT2D eigenvalue weighted by Crippen LogP contribution is 2.24. The average molecular weight is 280 g/mol. The van der Waals surface area contributed by atoms with Crippen LogP contribution in [0.1, 0.15) is 13.8 Å². The molecule has 1 saturated heterocycles. The molecule has 0 saturated carbocycles. The van der Waals surface area contributed by atoms with Crippen LogP contribution < -0.4 is 10.1 Å². The molecule has 104 valence electrons. The molecular formula is C14H20N2O2S. The fraction of sp³-hybridized carbons (Fsp3) is 0.500. The lowest BCUT2D eigenvalue weighted by Gasteiger charge is -2.37. The molecule has 1 N–H and O–H groups in total. The Morgan fingerprint density at radius 3 is 2.58 bits per heavy atom. The first-order chi connectivity index (χ1) is 9.10. The number of thiocarbonyl (C=S) groups is 1. The topological polar surface area (TPSA) is 33.7 Å². The quantitative estimate of drug-likeness (QED) is 0.842. The van der Waals surface area contributed by atoms with Gasteiger partial charge in [-0.05, 0) is 38.2 Å². The lowest BCUT2D eigenvalue weighted by Crippen LogP contribution is -2.49. The summed E-state index contributed by atoms with van der Waals surface area (Å²) in [5, 5.41) is 3.96. The third-order valence-electron chi connectivity index (χ3n) is 3.06. The Morgan fingerprint density at radius 1 is 1.32 bits per heavy atom. The molecule has 0 amide bonds. The highest BCUT2D eigenvalue weighted by molar-refractivity contribution is 7.80. The van der Waals surface area contributed by atoms with E-state index in [2.05, 4.69) is 24.1 Å². The minimum absolute atomic E-state index is 0.196. The number of hydrogen-bond donors (Lipinski definition) is 1. The average Bonchev–Trinajstić information content (AvgIpc) is 2.38. The molecule has 1 fully saturated rings. The number of benzene rings is 1. The van der Waals surface area contributed by atoms with Crippen molar-refractivity contribution in [3.05, 3.63) is 24.3 Å². The Bertz CT molecular complexity index is 443. The number of nitrogens with zero attached hydrogens (tertiary/aromatic N) is 1. The predicted molar refractivity (Wildman–Crippen MR) is 80.8 cm³/mol. The van der Waals surface area contributed by atoms with E-state index in [0.29, 0.717) is 5.11 Å². The minimum Gasteiger partial charge on any atom is -0.495 e. The molecule has 1 aliphatic rings. The maximum absolute atomic E-state index is 5.71. The summed E-state index contributed by atoms with van der Waals surface area (Å²) in [6.45, 7) is 5.75. The lowest BCUT2D eigenvalue weighted by molar-refractivity contribution is -0.0473. The van der Waals surface area contributed by atoms with E-state index < -0.39 is 0 Å². The Balaban J connectivity index is 2.04. The van der Waals surface area contributed by atoms with Crippen molar-refractivity contribution in [1.29, 1.82) is 0 Å². The second kappa shape index (κ2) is 6.21. The molecule has 19 heavy (non-hydrogen) atoms. The van der Waals surface area contributed by atoms with Crippen molar-refractivity contribution in [2.24, 2.45) is 0 Å². The van der Waals surface area contributed by atoms with Crippen LogP contribution in [0.3, 0.4) is 0 Å². The van der Waals surface area contributed by atoms with Crippen molar-refractivity contribution in [2.75, 3.05) is 25.5 Å². The summed E-state index contributed by atoms with van der Waals surface area (Å²) in [6, 6.07) is 7.76. The molecule has 0 aliphatic carbocycles. The molecule has 2 rings (SSSR count). The molecule has 1 heterocycles. The number of nitrogens with one attached hydrogen (secondary N) is 1. The molecule has 0 aromatic heterocycles. The zero-order chi connectivity index (χ0) is 13.8. The van der Waals surface area contributed by atoms with Crippen molar-refractivity contribution in [3.8, 4) is 5.75 Å². The number of ether oxygens (including phenoxy) is 2. The van der Waals surface area contributed by atoms with Crippen molar-refractivity contribution in [3.63, 3.8) is 0 Å². The Kier molecular flexibility index (Phi) is 4.61. The maximum atomic E-state index is 5.71. The second-order valence-electron chi connectivity index (χ2n) is 4.79. The molecule has 1 aliphatic heterocycles. The molecule has 5 heteroatoms. The number of rotatable bonds is 2. The van der Waals surface area contributed by atoms with Crippen LogP contribution in [0, 0.1) is 0 Å². The number of hydrogen-bond acceptors (Lipinski definition) is 3. The van der Waals surface area contributed by atoms with E-state index in [1.165, 1.54) is 0 Å². The van der Waals surface area contributed by atoms with Gasteiger partial charge in [-0.25, -0.2) is 0 Å². The molecule has 0 bridgehead atoms. The van der Waals surface area contributed by atoms with Gasteiger partial charge in [0.2, 0.25) is 0 Å². The van der Waals surface area contributed by atoms with Gasteiger partial charge in [-0.2, -0.15) is 0 Å². The maximum Gasteiger partial charge on any atom is 0.173 e. The van der Waals surface area contributed by atoms with E-state index >= 15 is 0 Å². The van der Waals surface area contributed by atoms with Crippen molar-refractivity contribution >= 4 is 23.0 Å². The monoisotopic (exact) mass is 280 g/mol. The Labute approximate surface area is 119 Å². The smallest absolute Gasteiger partial charge is 0.173 e. The van der Waals surface area contributed by atoms with Gasteiger partial charge < -0.3 is 19.7 Å². The fourth-order valence-electron chi connectivity index (χ4n) is 2.29.